The van der Waals surface area contributed by atoms with Crippen LogP contribution in [0.2, 0.25) is 0 Å². The molecule has 0 amide bonds. The van der Waals surface area contributed by atoms with Gasteiger partial charge >= 0.3 is 0 Å². The summed E-state index contributed by atoms with van der Waals surface area (Å²) < 4.78 is 0. The topological polar surface area (TPSA) is 46.2 Å². The standard InChI is InChI=1S/C12H17NO/c1-2-9-10(4-3-5-11(9)14)12(13)8-6-7-8/h3-5,8,12,14H,2,6-7,13H2,1H3/t12-/m1/s1. The van der Waals surface area contributed by atoms with Crippen LogP contribution in [0.15, 0.2) is 18.2 Å². The Labute approximate surface area is 84.7 Å². The average Bonchev–Trinajstić information content (AvgIpc) is 2.99. The maximum Gasteiger partial charge on any atom is 0.119 e. The van der Waals surface area contributed by atoms with Crippen molar-refractivity contribution >= 4 is 0 Å². The smallest absolute Gasteiger partial charge is 0.119 e. The molecule has 0 unspecified atom stereocenters. The van der Waals surface area contributed by atoms with Gasteiger partial charge in [0.1, 0.15) is 5.75 Å². The third-order valence-electron chi connectivity index (χ3n) is 3.03. The summed E-state index contributed by atoms with van der Waals surface area (Å²) in [5.74, 6) is 1.03. The van der Waals surface area contributed by atoms with Crippen molar-refractivity contribution in [1.29, 1.82) is 0 Å². The fourth-order valence-corrected chi connectivity index (χ4v) is 2.00. The van der Waals surface area contributed by atoms with E-state index in [0.29, 0.717) is 11.7 Å². The molecule has 1 aromatic carbocycles. The summed E-state index contributed by atoms with van der Waals surface area (Å²) >= 11 is 0. The number of rotatable bonds is 3. The Kier molecular flexibility index (Phi) is 2.46. The Morgan fingerprint density at radius 1 is 1.50 bits per heavy atom. The summed E-state index contributed by atoms with van der Waals surface area (Å²) in [6, 6.07) is 5.78. The Morgan fingerprint density at radius 2 is 2.21 bits per heavy atom. The van der Waals surface area contributed by atoms with Crippen molar-refractivity contribution in [3.05, 3.63) is 29.3 Å². The molecule has 2 heteroatoms. The van der Waals surface area contributed by atoms with Crippen LogP contribution in [0, 0.1) is 5.92 Å². The van der Waals surface area contributed by atoms with Crippen molar-refractivity contribution in [2.24, 2.45) is 11.7 Å². The highest BCUT2D eigenvalue weighted by atomic mass is 16.3. The van der Waals surface area contributed by atoms with Crippen molar-refractivity contribution in [3.8, 4) is 5.75 Å². The summed E-state index contributed by atoms with van der Waals surface area (Å²) in [5, 5.41) is 9.69. The number of hydrogen-bond acceptors (Lipinski definition) is 2. The van der Waals surface area contributed by atoms with Gasteiger partial charge in [-0.15, -0.1) is 0 Å². The van der Waals surface area contributed by atoms with E-state index >= 15 is 0 Å². The van der Waals surface area contributed by atoms with Crippen molar-refractivity contribution in [3.63, 3.8) is 0 Å². The van der Waals surface area contributed by atoms with Gasteiger partial charge in [-0.25, -0.2) is 0 Å². The zero-order valence-corrected chi connectivity index (χ0v) is 8.53. The summed E-state index contributed by atoms with van der Waals surface area (Å²) in [5.41, 5.74) is 8.29. The fourth-order valence-electron chi connectivity index (χ4n) is 2.00. The molecule has 0 spiro atoms. The minimum Gasteiger partial charge on any atom is -0.508 e. The number of phenolic OH excluding ortho intramolecular Hbond substituents is 1. The third kappa shape index (κ3) is 1.62. The van der Waals surface area contributed by atoms with Crippen LogP contribution in [0.1, 0.15) is 36.9 Å². The minimum atomic E-state index is 0.122. The quantitative estimate of drug-likeness (QED) is 0.770. The summed E-state index contributed by atoms with van der Waals surface area (Å²) in [4.78, 5) is 0. The van der Waals surface area contributed by atoms with Gasteiger partial charge in [-0.05, 0) is 42.4 Å². The van der Waals surface area contributed by atoms with Crippen molar-refractivity contribution in [2.75, 3.05) is 0 Å². The second kappa shape index (κ2) is 3.62. The van der Waals surface area contributed by atoms with Gasteiger partial charge in [0.2, 0.25) is 0 Å². The SMILES string of the molecule is CCc1c(O)cccc1[C@H](N)C1CC1. The molecule has 1 atom stereocenters. The molecule has 1 aromatic rings. The lowest BCUT2D eigenvalue weighted by Crippen LogP contribution is -2.14. The molecule has 0 heterocycles. The Hall–Kier alpha value is -1.02. The molecular formula is C12H17NO. The molecule has 1 aliphatic carbocycles. The van der Waals surface area contributed by atoms with Crippen LogP contribution >= 0.6 is 0 Å². The number of phenols is 1. The Balaban J connectivity index is 2.35. The lowest BCUT2D eigenvalue weighted by atomic mass is 9.95. The van der Waals surface area contributed by atoms with Gasteiger partial charge in [0.15, 0.2) is 0 Å². The number of benzene rings is 1. The largest absolute Gasteiger partial charge is 0.508 e. The zero-order chi connectivity index (χ0) is 10.1. The molecule has 3 N–H and O–H groups in total. The molecule has 0 saturated heterocycles. The van der Waals surface area contributed by atoms with Crippen LogP contribution in [-0.2, 0) is 6.42 Å². The van der Waals surface area contributed by atoms with Crippen molar-refractivity contribution in [1.82, 2.24) is 0 Å². The van der Waals surface area contributed by atoms with Crippen molar-refractivity contribution < 1.29 is 5.11 Å². The van der Waals surface area contributed by atoms with Gasteiger partial charge < -0.3 is 10.8 Å². The van der Waals surface area contributed by atoms with Gasteiger partial charge in [0.25, 0.3) is 0 Å². The molecule has 0 aromatic heterocycles. The van der Waals surface area contributed by atoms with Crippen LogP contribution in [0.25, 0.3) is 0 Å². The molecule has 1 aliphatic rings. The Morgan fingerprint density at radius 3 is 2.79 bits per heavy atom. The first-order valence-electron chi connectivity index (χ1n) is 5.30. The highest BCUT2D eigenvalue weighted by Gasteiger charge is 2.30. The lowest BCUT2D eigenvalue weighted by molar-refractivity contribution is 0.465. The summed E-state index contributed by atoms with van der Waals surface area (Å²) in [6.45, 7) is 2.05. The summed E-state index contributed by atoms with van der Waals surface area (Å²) in [7, 11) is 0. The highest BCUT2D eigenvalue weighted by molar-refractivity contribution is 5.41. The van der Waals surface area contributed by atoms with Gasteiger partial charge in [-0.1, -0.05) is 19.1 Å². The number of hydrogen-bond donors (Lipinski definition) is 2. The van der Waals surface area contributed by atoms with E-state index in [0.717, 1.165) is 17.5 Å². The first-order chi connectivity index (χ1) is 6.74. The lowest BCUT2D eigenvalue weighted by Gasteiger charge is -2.16. The highest BCUT2D eigenvalue weighted by Crippen LogP contribution is 2.41. The summed E-state index contributed by atoms with van der Waals surface area (Å²) in [6.07, 6.45) is 3.32. The zero-order valence-electron chi connectivity index (χ0n) is 8.53. The van der Waals surface area contributed by atoms with E-state index in [-0.39, 0.29) is 6.04 Å². The molecule has 76 valence electrons. The molecule has 1 saturated carbocycles. The fraction of sp³-hybridized carbons (Fsp3) is 0.500. The molecular weight excluding hydrogens is 174 g/mol. The molecule has 2 rings (SSSR count). The maximum absolute atomic E-state index is 9.69. The molecule has 2 nitrogen and oxygen atoms in total. The van der Waals surface area contributed by atoms with E-state index in [1.54, 1.807) is 6.07 Å². The Bertz CT molecular complexity index is 331. The first kappa shape index (κ1) is 9.53. The van der Waals surface area contributed by atoms with Crippen LogP contribution in [0.4, 0.5) is 0 Å². The van der Waals surface area contributed by atoms with Crippen LogP contribution < -0.4 is 5.73 Å². The number of aromatic hydroxyl groups is 1. The molecule has 0 bridgehead atoms. The second-order valence-corrected chi connectivity index (χ2v) is 4.06. The number of nitrogens with two attached hydrogens (primary N) is 1. The van der Waals surface area contributed by atoms with Crippen LogP contribution in [0.5, 0.6) is 5.75 Å². The van der Waals surface area contributed by atoms with Crippen molar-refractivity contribution in [2.45, 2.75) is 32.2 Å². The van der Waals surface area contributed by atoms with E-state index < -0.39 is 0 Å². The first-order valence-corrected chi connectivity index (χ1v) is 5.30. The average molecular weight is 191 g/mol. The third-order valence-corrected chi connectivity index (χ3v) is 3.03. The van der Waals surface area contributed by atoms with Crippen LogP contribution in [-0.4, -0.2) is 5.11 Å². The van der Waals surface area contributed by atoms with E-state index in [4.69, 9.17) is 5.73 Å². The van der Waals surface area contributed by atoms with E-state index in [1.165, 1.54) is 12.8 Å². The maximum atomic E-state index is 9.69. The monoisotopic (exact) mass is 191 g/mol. The van der Waals surface area contributed by atoms with Crippen LogP contribution in [0.3, 0.4) is 0 Å². The van der Waals surface area contributed by atoms with E-state index in [2.05, 4.69) is 6.92 Å². The minimum absolute atomic E-state index is 0.122. The molecule has 0 aliphatic heterocycles. The predicted molar refractivity (Wildman–Crippen MR) is 57.1 cm³/mol. The predicted octanol–water partition coefficient (Wildman–Crippen LogP) is 2.36. The molecule has 14 heavy (non-hydrogen) atoms. The van der Waals surface area contributed by atoms with E-state index in [9.17, 15) is 5.11 Å². The molecule has 1 fully saturated rings. The van der Waals surface area contributed by atoms with Gasteiger partial charge in [-0.2, -0.15) is 0 Å². The van der Waals surface area contributed by atoms with Gasteiger partial charge in [-0.3, -0.25) is 0 Å². The van der Waals surface area contributed by atoms with E-state index in [1.807, 2.05) is 12.1 Å². The second-order valence-electron chi connectivity index (χ2n) is 4.06. The van der Waals surface area contributed by atoms with Gasteiger partial charge in [0.05, 0.1) is 0 Å². The normalized spacial score (nSPS) is 18.1. The van der Waals surface area contributed by atoms with Gasteiger partial charge in [0, 0.05) is 6.04 Å². The molecule has 0 radical (unpaired) electrons.